The molecule has 1 rings (SSSR count). The first-order valence-corrected chi connectivity index (χ1v) is 5.11. The largest absolute Gasteiger partial charge is 0.382 e. The van der Waals surface area contributed by atoms with Crippen LogP contribution in [0.4, 0.5) is 0 Å². The summed E-state index contributed by atoms with van der Waals surface area (Å²) in [6.07, 6.45) is 2.36. The third-order valence-electron chi connectivity index (χ3n) is 2.03. The number of nitrogens with zero attached hydrogens (tertiary/aromatic N) is 1. The first-order chi connectivity index (χ1) is 7.25. The molecule has 0 bridgehead atoms. The summed E-state index contributed by atoms with van der Waals surface area (Å²) in [5, 5.41) is 9.32. The smallest absolute Gasteiger partial charge is 0.254 e. The number of carbonyl (C=O) groups excluding carboxylic acids is 1. The second kappa shape index (κ2) is 6.19. The Kier molecular flexibility index (Phi) is 4.83. The fourth-order valence-corrected chi connectivity index (χ4v) is 1.20. The second-order valence-corrected chi connectivity index (χ2v) is 3.22. The maximum absolute atomic E-state index is 11.5. The van der Waals surface area contributed by atoms with Crippen molar-refractivity contribution >= 4 is 5.91 Å². The molecule has 84 valence electrons. The van der Waals surface area contributed by atoms with Gasteiger partial charge in [0.2, 0.25) is 0 Å². The molecule has 0 saturated carbocycles. The average molecular weight is 211 g/mol. The zero-order valence-corrected chi connectivity index (χ0v) is 9.17. The minimum Gasteiger partial charge on any atom is -0.382 e. The van der Waals surface area contributed by atoms with Crippen molar-refractivity contribution in [2.24, 2.45) is 0 Å². The lowest BCUT2D eigenvalue weighted by atomic mass is 10.2. The number of H-pyrrole nitrogens is 1. The summed E-state index contributed by atoms with van der Waals surface area (Å²) < 4.78 is 5.16. The quantitative estimate of drug-likeness (QED) is 0.686. The number of amides is 1. The van der Waals surface area contributed by atoms with E-state index in [-0.39, 0.29) is 5.91 Å². The number of hydrogen-bond donors (Lipinski definition) is 2. The molecule has 0 unspecified atom stereocenters. The summed E-state index contributed by atoms with van der Waals surface area (Å²) in [5.41, 5.74) is 1.39. The van der Waals surface area contributed by atoms with Crippen molar-refractivity contribution in [3.05, 3.63) is 17.5 Å². The maximum atomic E-state index is 11.5. The molecule has 0 radical (unpaired) electrons. The fourth-order valence-electron chi connectivity index (χ4n) is 1.20. The van der Waals surface area contributed by atoms with Crippen molar-refractivity contribution in [2.45, 2.75) is 20.3 Å². The molecular weight excluding hydrogens is 194 g/mol. The van der Waals surface area contributed by atoms with Crippen molar-refractivity contribution < 1.29 is 9.53 Å². The van der Waals surface area contributed by atoms with Crippen LogP contribution in [0.3, 0.4) is 0 Å². The molecule has 15 heavy (non-hydrogen) atoms. The highest BCUT2D eigenvalue weighted by atomic mass is 16.5. The van der Waals surface area contributed by atoms with Crippen molar-refractivity contribution in [1.82, 2.24) is 15.5 Å². The van der Waals surface area contributed by atoms with Gasteiger partial charge in [-0.25, -0.2) is 0 Å². The number of aromatic amines is 1. The zero-order valence-electron chi connectivity index (χ0n) is 9.17. The molecule has 0 atom stereocenters. The highest BCUT2D eigenvalue weighted by Gasteiger charge is 2.09. The Hall–Kier alpha value is -1.36. The Morgan fingerprint density at radius 2 is 2.47 bits per heavy atom. The standard InChI is InChI=1S/C10H17N3O2/c1-3-15-6-4-5-11-10(14)9-7-12-13-8(9)2/h7H,3-6H2,1-2H3,(H,11,14)(H,12,13). The van der Waals surface area contributed by atoms with E-state index in [1.807, 2.05) is 13.8 Å². The summed E-state index contributed by atoms with van der Waals surface area (Å²) >= 11 is 0. The van der Waals surface area contributed by atoms with E-state index in [0.717, 1.165) is 18.7 Å². The highest BCUT2D eigenvalue weighted by Crippen LogP contribution is 2.01. The van der Waals surface area contributed by atoms with Gasteiger partial charge in [-0.1, -0.05) is 0 Å². The maximum Gasteiger partial charge on any atom is 0.254 e. The van der Waals surface area contributed by atoms with Crippen LogP contribution < -0.4 is 5.32 Å². The van der Waals surface area contributed by atoms with E-state index in [1.165, 1.54) is 6.20 Å². The van der Waals surface area contributed by atoms with Crippen molar-refractivity contribution in [1.29, 1.82) is 0 Å². The topological polar surface area (TPSA) is 67.0 Å². The third-order valence-corrected chi connectivity index (χ3v) is 2.03. The molecule has 2 N–H and O–H groups in total. The number of rotatable bonds is 6. The van der Waals surface area contributed by atoms with Crippen molar-refractivity contribution in [3.63, 3.8) is 0 Å². The molecule has 0 spiro atoms. The monoisotopic (exact) mass is 211 g/mol. The summed E-state index contributed by atoms with van der Waals surface area (Å²) in [4.78, 5) is 11.5. The zero-order chi connectivity index (χ0) is 11.1. The van der Waals surface area contributed by atoms with Gasteiger partial charge in [0.1, 0.15) is 0 Å². The molecule has 1 aromatic heterocycles. The number of aryl methyl sites for hydroxylation is 1. The van der Waals surface area contributed by atoms with Gasteiger partial charge in [-0.3, -0.25) is 9.89 Å². The van der Waals surface area contributed by atoms with Crippen LogP contribution in [-0.2, 0) is 4.74 Å². The molecule has 0 aliphatic heterocycles. The van der Waals surface area contributed by atoms with E-state index in [0.29, 0.717) is 18.7 Å². The minimum atomic E-state index is -0.0854. The van der Waals surface area contributed by atoms with E-state index in [4.69, 9.17) is 4.74 Å². The van der Waals surface area contributed by atoms with Gasteiger partial charge < -0.3 is 10.1 Å². The van der Waals surface area contributed by atoms with Crippen LogP contribution in [0.2, 0.25) is 0 Å². The van der Waals surface area contributed by atoms with Crippen molar-refractivity contribution in [2.75, 3.05) is 19.8 Å². The first kappa shape index (κ1) is 11.7. The molecule has 0 aromatic carbocycles. The van der Waals surface area contributed by atoms with Gasteiger partial charge in [-0.2, -0.15) is 5.10 Å². The van der Waals surface area contributed by atoms with Gasteiger partial charge in [-0.15, -0.1) is 0 Å². The highest BCUT2D eigenvalue weighted by molar-refractivity contribution is 5.94. The second-order valence-electron chi connectivity index (χ2n) is 3.22. The van der Waals surface area contributed by atoms with Gasteiger partial charge in [0.05, 0.1) is 11.8 Å². The molecule has 0 fully saturated rings. The molecule has 1 heterocycles. The summed E-state index contributed by atoms with van der Waals surface area (Å²) in [5.74, 6) is -0.0854. The predicted octanol–water partition coefficient (Wildman–Crippen LogP) is 0.875. The first-order valence-electron chi connectivity index (χ1n) is 5.11. The number of aromatic nitrogens is 2. The molecule has 5 heteroatoms. The lowest BCUT2D eigenvalue weighted by Gasteiger charge is -2.04. The van der Waals surface area contributed by atoms with Crippen LogP contribution in [0.1, 0.15) is 29.4 Å². The molecule has 0 saturated heterocycles. The summed E-state index contributed by atoms with van der Waals surface area (Å²) in [6.45, 7) is 5.80. The summed E-state index contributed by atoms with van der Waals surface area (Å²) in [6, 6.07) is 0. The fraction of sp³-hybridized carbons (Fsp3) is 0.600. The van der Waals surface area contributed by atoms with Gasteiger partial charge >= 0.3 is 0 Å². The normalized spacial score (nSPS) is 10.3. The van der Waals surface area contributed by atoms with Gasteiger partial charge in [0.25, 0.3) is 5.91 Å². The Morgan fingerprint density at radius 1 is 1.67 bits per heavy atom. The third kappa shape index (κ3) is 3.71. The molecular formula is C10H17N3O2. The molecule has 0 aliphatic carbocycles. The molecule has 1 aromatic rings. The van der Waals surface area contributed by atoms with Gasteiger partial charge in [0.15, 0.2) is 0 Å². The average Bonchev–Trinajstić information content (AvgIpc) is 2.64. The van der Waals surface area contributed by atoms with Crippen LogP contribution >= 0.6 is 0 Å². The van der Waals surface area contributed by atoms with Crippen LogP contribution in [0.5, 0.6) is 0 Å². The van der Waals surface area contributed by atoms with Crippen molar-refractivity contribution in [3.8, 4) is 0 Å². The Labute approximate surface area is 89.2 Å². The predicted molar refractivity (Wildman–Crippen MR) is 56.8 cm³/mol. The number of ether oxygens (including phenoxy) is 1. The lowest BCUT2D eigenvalue weighted by molar-refractivity contribution is 0.0943. The number of nitrogens with one attached hydrogen (secondary N) is 2. The number of carbonyl (C=O) groups is 1. The minimum absolute atomic E-state index is 0.0854. The lowest BCUT2D eigenvalue weighted by Crippen LogP contribution is -2.25. The Bertz CT molecular complexity index is 309. The van der Waals surface area contributed by atoms with E-state index in [2.05, 4.69) is 15.5 Å². The molecule has 0 aliphatic rings. The van der Waals surface area contributed by atoms with Crippen LogP contribution in [-0.4, -0.2) is 35.9 Å². The summed E-state index contributed by atoms with van der Waals surface area (Å²) in [7, 11) is 0. The van der Waals surface area contributed by atoms with Gasteiger partial charge in [0, 0.05) is 25.5 Å². The van der Waals surface area contributed by atoms with Crippen LogP contribution in [0, 0.1) is 6.92 Å². The van der Waals surface area contributed by atoms with E-state index in [9.17, 15) is 4.79 Å². The van der Waals surface area contributed by atoms with Crippen LogP contribution in [0.25, 0.3) is 0 Å². The molecule has 1 amide bonds. The SMILES string of the molecule is CCOCCCNC(=O)c1cn[nH]c1C. The Balaban J connectivity index is 2.22. The number of hydrogen-bond acceptors (Lipinski definition) is 3. The van der Waals surface area contributed by atoms with E-state index in [1.54, 1.807) is 0 Å². The van der Waals surface area contributed by atoms with E-state index < -0.39 is 0 Å². The van der Waals surface area contributed by atoms with Gasteiger partial charge in [-0.05, 0) is 20.3 Å². The Morgan fingerprint density at radius 3 is 3.07 bits per heavy atom. The van der Waals surface area contributed by atoms with Crippen LogP contribution in [0.15, 0.2) is 6.20 Å². The van der Waals surface area contributed by atoms with E-state index >= 15 is 0 Å². The molecule has 5 nitrogen and oxygen atoms in total.